The van der Waals surface area contributed by atoms with Gasteiger partial charge in [-0.05, 0) is 18.8 Å². The molecule has 0 aliphatic heterocycles. The second-order valence-corrected chi connectivity index (χ2v) is 4.59. The zero-order chi connectivity index (χ0) is 13.1. The molecule has 1 aliphatic carbocycles. The van der Waals surface area contributed by atoms with Gasteiger partial charge in [-0.25, -0.2) is 9.97 Å². The van der Waals surface area contributed by atoms with Gasteiger partial charge in [-0.3, -0.25) is 10.1 Å². The first-order chi connectivity index (χ1) is 8.63. The molecule has 2 unspecified atom stereocenters. The van der Waals surface area contributed by atoms with Crippen molar-refractivity contribution in [3.63, 3.8) is 0 Å². The summed E-state index contributed by atoms with van der Waals surface area (Å²) in [5, 5.41) is 17.0. The summed E-state index contributed by atoms with van der Waals surface area (Å²) in [6, 6.07) is 0.253. The highest BCUT2D eigenvalue weighted by molar-refractivity contribution is 5.69. The number of nitrogens with zero attached hydrogens (tertiary/aromatic N) is 3. The van der Waals surface area contributed by atoms with E-state index < -0.39 is 4.92 Å². The maximum absolute atomic E-state index is 11.1. The predicted molar refractivity (Wildman–Crippen MR) is 68.7 cm³/mol. The van der Waals surface area contributed by atoms with E-state index in [0.717, 1.165) is 19.3 Å². The normalized spacial score (nSPS) is 22.8. The van der Waals surface area contributed by atoms with Crippen LogP contribution in [0.1, 0.15) is 26.2 Å². The Morgan fingerprint density at radius 1 is 1.39 bits per heavy atom. The first-order valence-corrected chi connectivity index (χ1v) is 6.07. The average molecular weight is 251 g/mol. The lowest BCUT2D eigenvalue weighted by molar-refractivity contribution is -0.383. The molecule has 1 aromatic rings. The van der Waals surface area contributed by atoms with Crippen molar-refractivity contribution in [2.75, 3.05) is 17.7 Å². The van der Waals surface area contributed by atoms with E-state index in [0.29, 0.717) is 11.7 Å². The summed E-state index contributed by atoms with van der Waals surface area (Å²) in [5.74, 6) is 1.05. The second-order valence-electron chi connectivity index (χ2n) is 4.59. The first-order valence-electron chi connectivity index (χ1n) is 6.07. The highest BCUT2D eigenvalue weighted by Crippen LogP contribution is 2.33. The maximum Gasteiger partial charge on any atom is 0.353 e. The maximum atomic E-state index is 11.1. The van der Waals surface area contributed by atoms with E-state index in [2.05, 4.69) is 27.5 Å². The molecule has 1 fully saturated rings. The molecular formula is C11H17N5O2. The van der Waals surface area contributed by atoms with Crippen LogP contribution in [0.3, 0.4) is 0 Å². The Labute approximate surface area is 105 Å². The molecule has 1 aromatic heterocycles. The average Bonchev–Trinajstić information content (AvgIpc) is 2.74. The number of nitrogens with one attached hydrogen (secondary N) is 2. The molecule has 7 heteroatoms. The minimum atomic E-state index is -0.451. The van der Waals surface area contributed by atoms with Crippen molar-refractivity contribution in [2.24, 2.45) is 5.92 Å². The van der Waals surface area contributed by atoms with Gasteiger partial charge in [0.1, 0.15) is 6.33 Å². The van der Waals surface area contributed by atoms with Crippen LogP contribution in [-0.4, -0.2) is 28.0 Å². The molecule has 0 radical (unpaired) electrons. The van der Waals surface area contributed by atoms with Gasteiger partial charge in [-0.15, -0.1) is 0 Å². The molecule has 1 aliphatic rings. The van der Waals surface area contributed by atoms with Crippen LogP contribution in [-0.2, 0) is 0 Å². The summed E-state index contributed by atoms with van der Waals surface area (Å²) < 4.78 is 0. The number of nitro groups is 1. The van der Waals surface area contributed by atoms with Gasteiger partial charge in [0.2, 0.25) is 11.6 Å². The van der Waals surface area contributed by atoms with E-state index in [1.54, 1.807) is 7.05 Å². The molecule has 0 spiro atoms. The topological polar surface area (TPSA) is 93.0 Å². The highest BCUT2D eigenvalue weighted by atomic mass is 16.6. The van der Waals surface area contributed by atoms with Gasteiger partial charge in [0.05, 0.1) is 4.92 Å². The Morgan fingerprint density at radius 2 is 2.11 bits per heavy atom. The minimum absolute atomic E-state index is 0.0842. The van der Waals surface area contributed by atoms with Gasteiger partial charge in [0.25, 0.3) is 0 Å². The van der Waals surface area contributed by atoms with Gasteiger partial charge >= 0.3 is 5.69 Å². The number of hydrogen-bond acceptors (Lipinski definition) is 6. The van der Waals surface area contributed by atoms with E-state index in [-0.39, 0.29) is 17.5 Å². The Hall–Kier alpha value is -1.92. The molecule has 0 saturated heterocycles. The minimum Gasteiger partial charge on any atom is -0.367 e. The smallest absolute Gasteiger partial charge is 0.353 e. The van der Waals surface area contributed by atoms with Crippen molar-refractivity contribution in [2.45, 2.75) is 32.2 Å². The third-order valence-corrected chi connectivity index (χ3v) is 3.43. The van der Waals surface area contributed by atoms with Crippen molar-refractivity contribution in [3.05, 3.63) is 16.4 Å². The van der Waals surface area contributed by atoms with Gasteiger partial charge in [0, 0.05) is 13.1 Å². The van der Waals surface area contributed by atoms with Crippen molar-refractivity contribution < 1.29 is 4.92 Å². The largest absolute Gasteiger partial charge is 0.367 e. The Morgan fingerprint density at radius 3 is 2.67 bits per heavy atom. The van der Waals surface area contributed by atoms with Gasteiger partial charge in [0.15, 0.2) is 0 Å². The standard InChI is InChI=1S/C11H17N5O2/c1-7-4-3-5-8(7)15-11-9(16(17)18)10(12-2)13-6-14-11/h6-8H,3-5H2,1-2H3,(H2,12,13,14,15). The lowest BCUT2D eigenvalue weighted by Gasteiger charge is -2.18. The van der Waals surface area contributed by atoms with Crippen molar-refractivity contribution in [1.29, 1.82) is 0 Å². The van der Waals surface area contributed by atoms with Crippen molar-refractivity contribution >= 4 is 17.3 Å². The van der Waals surface area contributed by atoms with Crippen molar-refractivity contribution in [3.8, 4) is 0 Å². The molecule has 0 amide bonds. The lowest BCUT2D eigenvalue weighted by atomic mass is 10.1. The fourth-order valence-corrected chi connectivity index (χ4v) is 2.38. The zero-order valence-electron chi connectivity index (χ0n) is 10.5. The van der Waals surface area contributed by atoms with Gasteiger partial charge < -0.3 is 10.6 Å². The zero-order valence-corrected chi connectivity index (χ0v) is 10.5. The van der Waals surface area contributed by atoms with E-state index in [9.17, 15) is 10.1 Å². The molecule has 98 valence electrons. The van der Waals surface area contributed by atoms with Crippen LogP contribution in [0, 0.1) is 16.0 Å². The number of anilines is 2. The molecule has 0 aromatic carbocycles. The fraction of sp³-hybridized carbons (Fsp3) is 0.636. The lowest BCUT2D eigenvalue weighted by Crippen LogP contribution is -2.23. The summed E-state index contributed by atoms with van der Waals surface area (Å²) in [6.45, 7) is 2.15. The molecule has 2 atom stereocenters. The van der Waals surface area contributed by atoms with Gasteiger partial charge in [-0.2, -0.15) is 0 Å². The van der Waals surface area contributed by atoms with Crippen LogP contribution in [0.2, 0.25) is 0 Å². The van der Waals surface area contributed by atoms with Crippen LogP contribution in [0.15, 0.2) is 6.33 Å². The number of aromatic nitrogens is 2. The Bertz CT molecular complexity index is 451. The summed E-state index contributed by atoms with van der Waals surface area (Å²) in [7, 11) is 1.61. The van der Waals surface area contributed by atoms with Crippen LogP contribution < -0.4 is 10.6 Å². The Kier molecular flexibility index (Phi) is 3.59. The van der Waals surface area contributed by atoms with E-state index in [1.807, 2.05) is 0 Å². The van der Waals surface area contributed by atoms with Crippen molar-refractivity contribution in [1.82, 2.24) is 9.97 Å². The molecule has 0 bridgehead atoms. The first kappa shape index (κ1) is 12.5. The number of hydrogen-bond donors (Lipinski definition) is 2. The summed E-state index contributed by atoms with van der Waals surface area (Å²) >= 11 is 0. The molecule has 2 rings (SSSR count). The highest BCUT2D eigenvalue weighted by Gasteiger charge is 2.28. The predicted octanol–water partition coefficient (Wildman–Crippen LogP) is 2.03. The molecule has 2 N–H and O–H groups in total. The van der Waals surface area contributed by atoms with E-state index in [1.165, 1.54) is 6.33 Å². The SMILES string of the molecule is CNc1ncnc(NC2CCCC2C)c1[N+](=O)[O-]. The molecule has 1 saturated carbocycles. The molecule has 7 nitrogen and oxygen atoms in total. The molecule has 1 heterocycles. The van der Waals surface area contributed by atoms with Crippen LogP contribution in [0.25, 0.3) is 0 Å². The Balaban J connectivity index is 2.29. The summed E-state index contributed by atoms with van der Waals surface area (Å²) in [5.41, 5.74) is -0.0842. The van der Waals surface area contributed by atoms with Crippen LogP contribution in [0.5, 0.6) is 0 Å². The quantitative estimate of drug-likeness (QED) is 0.628. The summed E-state index contributed by atoms with van der Waals surface area (Å²) in [4.78, 5) is 18.5. The van der Waals surface area contributed by atoms with E-state index >= 15 is 0 Å². The third-order valence-electron chi connectivity index (χ3n) is 3.43. The molecule has 18 heavy (non-hydrogen) atoms. The summed E-state index contributed by atoms with van der Waals surface area (Å²) in [6.07, 6.45) is 4.66. The second kappa shape index (κ2) is 5.16. The van der Waals surface area contributed by atoms with Gasteiger partial charge in [-0.1, -0.05) is 13.3 Å². The van der Waals surface area contributed by atoms with E-state index in [4.69, 9.17) is 0 Å². The fourth-order valence-electron chi connectivity index (χ4n) is 2.38. The van der Waals surface area contributed by atoms with Crippen LogP contribution in [0.4, 0.5) is 17.3 Å². The van der Waals surface area contributed by atoms with Crippen LogP contribution >= 0.6 is 0 Å². The monoisotopic (exact) mass is 251 g/mol. The molecular weight excluding hydrogens is 234 g/mol. The number of rotatable bonds is 4. The third kappa shape index (κ3) is 2.34.